The van der Waals surface area contributed by atoms with Crippen LogP contribution in [-0.2, 0) is 0 Å². The fraction of sp³-hybridized carbons (Fsp3) is 0.316. The minimum absolute atomic E-state index is 0.0278. The van der Waals surface area contributed by atoms with Crippen LogP contribution in [0.4, 0.5) is 0 Å². The Bertz CT molecular complexity index is 948. The molecule has 0 bridgehead atoms. The van der Waals surface area contributed by atoms with Crippen LogP contribution in [0.25, 0.3) is 22.6 Å². The molecule has 0 atom stereocenters. The summed E-state index contributed by atoms with van der Waals surface area (Å²) in [6, 6.07) is 8.95. The van der Waals surface area contributed by atoms with Crippen molar-refractivity contribution < 1.29 is 9.21 Å². The van der Waals surface area contributed by atoms with Crippen LogP contribution in [0.5, 0.6) is 0 Å². The number of hydrogen-bond acceptors (Lipinski definition) is 5. The summed E-state index contributed by atoms with van der Waals surface area (Å²) in [6.07, 6.45) is 1.61. The van der Waals surface area contributed by atoms with Gasteiger partial charge in [0.2, 0.25) is 5.89 Å². The van der Waals surface area contributed by atoms with Crippen molar-refractivity contribution in [1.82, 2.24) is 19.8 Å². The Morgan fingerprint density at radius 2 is 2.04 bits per heavy atom. The van der Waals surface area contributed by atoms with E-state index in [1.54, 1.807) is 30.5 Å². The van der Waals surface area contributed by atoms with Crippen molar-refractivity contribution in [2.45, 2.75) is 6.92 Å². The number of pyridine rings is 1. The lowest BCUT2D eigenvalue weighted by atomic mass is 10.1. The van der Waals surface area contributed by atoms with E-state index in [1.807, 2.05) is 11.0 Å². The van der Waals surface area contributed by atoms with Crippen molar-refractivity contribution in [2.75, 3.05) is 32.7 Å². The predicted molar refractivity (Wildman–Crippen MR) is 100 cm³/mol. The van der Waals surface area contributed by atoms with Crippen LogP contribution in [0.2, 0.25) is 5.15 Å². The lowest BCUT2D eigenvalue weighted by Crippen LogP contribution is -2.48. The summed E-state index contributed by atoms with van der Waals surface area (Å²) in [5, 5.41) is 0.337. The van der Waals surface area contributed by atoms with Gasteiger partial charge < -0.3 is 14.2 Å². The molecule has 3 aromatic rings. The van der Waals surface area contributed by atoms with Gasteiger partial charge in [-0.2, -0.15) is 0 Å². The molecule has 6 nitrogen and oxygen atoms in total. The predicted octanol–water partition coefficient (Wildman–Crippen LogP) is 3.32. The molecule has 2 aromatic heterocycles. The molecule has 1 aliphatic heterocycles. The van der Waals surface area contributed by atoms with Gasteiger partial charge in [0, 0.05) is 37.9 Å². The highest BCUT2D eigenvalue weighted by molar-refractivity contribution is 6.31. The van der Waals surface area contributed by atoms with E-state index < -0.39 is 0 Å². The van der Waals surface area contributed by atoms with Crippen LogP contribution in [-0.4, -0.2) is 58.4 Å². The Kier molecular flexibility index (Phi) is 4.61. The van der Waals surface area contributed by atoms with Crippen molar-refractivity contribution in [2.24, 2.45) is 0 Å². The molecule has 1 aromatic carbocycles. The van der Waals surface area contributed by atoms with Crippen LogP contribution in [0.15, 0.2) is 40.9 Å². The molecule has 1 saturated heterocycles. The normalized spacial score (nSPS) is 15.5. The molecule has 0 aliphatic carbocycles. The van der Waals surface area contributed by atoms with E-state index in [9.17, 15) is 4.79 Å². The quantitative estimate of drug-likeness (QED) is 0.662. The SMILES string of the molecule is CCN1CCN(C(=O)c2ccc3nc(-c4cccnc4Cl)oc3c2)CC1. The number of piperazine rings is 1. The molecule has 4 rings (SSSR count). The van der Waals surface area contributed by atoms with Gasteiger partial charge >= 0.3 is 0 Å². The van der Waals surface area contributed by atoms with Gasteiger partial charge in [0.15, 0.2) is 5.58 Å². The largest absolute Gasteiger partial charge is 0.436 e. The zero-order chi connectivity index (χ0) is 18.1. The maximum Gasteiger partial charge on any atom is 0.254 e. The number of aromatic nitrogens is 2. The first kappa shape index (κ1) is 17.0. The van der Waals surface area contributed by atoms with E-state index in [1.165, 1.54) is 0 Å². The van der Waals surface area contributed by atoms with Crippen molar-refractivity contribution >= 4 is 28.6 Å². The molecule has 1 fully saturated rings. The van der Waals surface area contributed by atoms with Crippen molar-refractivity contribution in [3.05, 3.63) is 47.2 Å². The molecule has 0 unspecified atom stereocenters. The molecular weight excluding hydrogens is 352 g/mol. The average molecular weight is 371 g/mol. The number of benzene rings is 1. The summed E-state index contributed by atoms with van der Waals surface area (Å²) < 4.78 is 5.83. The van der Waals surface area contributed by atoms with Gasteiger partial charge in [-0.15, -0.1) is 0 Å². The molecule has 7 heteroatoms. The van der Waals surface area contributed by atoms with Crippen LogP contribution in [0, 0.1) is 0 Å². The van der Waals surface area contributed by atoms with Gasteiger partial charge in [0.05, 0.1) is 5.56 Å². The Balaban J connectivity index is 1.60. The number of halogens is 1. The first-order valence-electron chi connectivity index (χ1n) is 8.69. The molecule has 1 aliphatic rings. The summed E-state index contributed by atoms with van der Waals surface area (Å²) >= 11 is 6.12. The number of carbonyl (C=O) groups excluding carboxylic acids is 1. The highest BCUT2D eigenvalue weighted by atomic mass is 35.5. The van der Waals surface area contributed by atoms with Gasteiger partial charge in [-0.3, -0.25) is 4.79 Å². The molecule has 0 N–H and O–H groups in total. The second kappa shape index (κ2) is 7.05. The first-order valence-corrected chi connectivity index (χ1v) is 9.06. The lowest BCUT2D eigenvalue weighted by Gasteiger charge is -2.34. The highest BCUT2D eigenvalue weighted by Gasteiger charge is 2.22. The van der Waals surface area contributed by atoms with E-state index in [0.717, 1.165) is 32.7 Å². The van der Waals surface area contributed by atoms with Gasteiger partial charge in [-0.1, -0.05) is 18.5 Å². The summed E-state index contributed by atoms with van der Waals surface area (Å²) in [7, 11) is 0. The van der Waals surface area contributed by atoms with Crippen LogP contribution >= 0.6 is 11.6 Å². The van der Waals surface area contributed by atoms with Gasteiger partial charge in [-0.05, 0) is 36.9 Å². The molecule has 1 amide bonds. The molecular formula is C19H19ClN4O2. The summed E-state index contributed by atoms with van der Waals surface area (Å²) in [5.74, 6) is 0.430. The number of rotatable bonds is 3. The minimum Gasteiger partial charge on any atom is -0.436 e. The third-order valence-corrected chi connectivity index (χ3v) is 5.03. The third kappa shape index (κ3) is 3.18. The smallest absolute Gasteiger partial charge is 0.254 e. The van der Waals surface area contributed by atoms with Gasteiger partial charge in [0.1, 0.15) is 10.7 Å². The zero-order valence-corrected chi connectivity index (χ0v) is 15.2. The van der Waals surface area contributed by atoms with E-state index in [0.29, 0.717) is 33.3 Å². The van der Waals surface area contributed by atoms with Crippen molar-refractivity contribution in [1.29, 1.82) is 0 Å². The Morgan fingerprint density at radius 1 is 1.23 bits per heavy atom. The van der Waals surface area contributed by atoms with E-state index in [4.69, 9.17) is 16.0 Å². The number of oxazole rings is 1. The van der Waals surface area contributed by atoms with Crippen LogP contribution in [0.1, 0.15) is 17.3 Å². The molecule has 3 heterocycles. The summed E-state index contributed by atoms with van der Waals surface area (Å²) in [4.78, 5) is 25.5. The molecule has 26 heavy (non-hydrogen) atoms. The zero-order valence-electron chi connectivity index (χ0n) is 14.5. The fourth-order valence-corrected chi connectivity index (χ4v) is 3.37. The Labute approximate surface area is 156 Å². The monoisotopic (exact) mass is 370 g/mol. The maximum atomic E-state index is 12.8. The second-order valence-electron chi connectivity index (χ2n) is 6.27. The topological polar surface area (TPSA) is 62.5 Å². The van der Waals surface area contributed by atoms with E-state index in [-0.39, 0.29) is 5.91 Å². The Morgan fingerprint density at radius 3 is 2.77 bits per heavy atom. The first-order chi connectivity index (χ1) is 12.7. The summed E-state index contributed by atoms with van der Waals surface area (Å²) in [5.41, 5.74) is 2.50. The summed E-state index contributed by atoms with van der Waals surface area (Å²) in [6.45, 7) is 6.48. The van der Waals surface area contributed by atoms with E-state index >= 15 is 0 Å². The van der Waals surface area contributed by atoms with Crippen LogP contribution in [0.3, 0.4) is 0 Å². The van der Waals surface area contributed by atoms with Gasteiger partial charge in [0.25, 0.3) is 5.91 Å². The number of amides is 1. The standard InChI is InChI=1S/C19H19ClN4O2/c1-2-23-8-10-24(11-9-23)19(25)13-5-6-15-16(12-13)26-18(22-15)14-4-3-7-21-17(14)20/h3-7,12H,2,8-11H2,1H3. The van der Waals surface area contributed by atoms with Gasteiger partial charge in [-0.25, -0.2) is 9.97 Å². The molecule has 0 spiro atoms. The Hall–Kier alpha value is -2.44. The third-order valence-electron chi connectivity index (χ3n) is 4.73. The number of carbonyl (C=O) groups is 1. The van der Waals surface area contributed by atoms with Crippen molar-refractivity contribution in [3.63, 3.8) is 0 Å². The maximum absolute atomic E-state index is 12.8. The van der Waals surface area contributed by atoms with Crippen molar-refractivity contribution in [3.8, 4) is 11.5 Å². The number of nitrogens with zero attached hydrogens (tertiary/aromatic N) is 4. The average Bonchev–Trinajstić information content (AvgIpc) is 3.11. The highest BCUT2D eigenvalue weighted by Crippen LogP contribution is 2.29. The van der Waals surface area contributed by atoms with E-state index in [2.05, 4.69) is 21.8 Å². The molecule has 134 valence electrons. The lowest BCUT2D eigenvalue weighted by molar-refractivity contribution is 0.0643. The van der Waals surface area contributed by atoms with Crippen LogP contribution < -0.4 is 0 Å². The minimum atomic E-state index is 0.0278. The molecule has 0 radical (unpaired) electrons. The molecule has 0 saturated carbocycles. The number of likely N-dealkylation sites (N-methyl/N-ethyl adjacent to an activating group) is 1. The number of fused-ring (bicyclic) bond motifs is 1. The second-order valence-corrected chi connectivity index (χ2v) is 6.63. The number of hydrogen-bond donors (Lipinski definition) is 0. The fourth-order valence-electron chi connectivity index (χ4n) is 3.17.